The Bertz CT molecular complexity index is 915. The molecule has 3 heterocycles. The first-order valence-corrected chi connectivity index (χ1v) is 8.33. The SMILES string of the molecule is COc1ccc(-n2ccnc2CN2CCc3[nH]cnc3[C@H]2C(=O)O)cc1. The highest BCUT2D eigenvalue weighted by molar-refractivity contribution is 5.75. The van der Waals surface area contributed by atoms with E-state index >= 15 is 0 Å². The molecule has 1 atom stereocenters. The van der Waals surface area contributed by atoms with Crippen molar-refractivity contribution in [2.75, 3.05) is 13.7 Å². The van der Waals surface area contributed by atoms with Crippen LogP contribution in [-0.2, 0) is 17.8 Å². The lowest BCUT2D eigenvalue weighted by atomic mass is 10.0. The highest BCUT2D eigenvalue weighted by Crippen LogP contribution is 2.29. The smallest absolute Gasteiger partial charge is 0.327 e. The average molecular weight is 353 g/mol. The number of H-pyrrole nitrogens is 1. The summed E-state index contributed by atoms with van der Waals surface area (Å²) in [6.45, 7) is 1.05. The van der Waals surface area contributed by atoms with E-state index in [0.29, 0.717) is 18.8 Å². The molecule has 134 valence electrons. The maximum absolute atomic E-state index is 11.8. The van der Waals surface area contributed by atoms with Crippen LogP contribution in [0.2, 0.25) is 0 Å². The van der Waals surface area contributed by atoms with Crippen molar-refractivity contribution >= 4 is 5.97 Å². The molecular weight excluding hydrogens is 334 g/mol. The zero-order valence-electron chi connectivity index (χ0n) is 14.3. The standard InChI is InChI=1S/C18H19N5O3/c1-26-13-4-2-12(3-5-13)23-9-7-19-15(23)10-22-8-6-14-16(21-11-20-14)17(22)18(24)25/h2-5,7,9,11,17H,6,8,10H2,1H3,(H,20,21)(H,24,25)/t17-/m0/s1. The molecule has 8 nitrogen and oxygen atoms in total. The summed E-state index contributed by atoms with van der Waals surface area (Å²) in [6, 6.07) is 6.89. The number of nitrogens with zero attached hydrogens (tertiary/aromatic N) is 4. The third-order valence-corrected chi connectivity index (χ3v) is 4.67. The van der Waals surface area contributed by atoms with Gasteiger partial charge in [-0.15, -0.1) is 0 Å². The van der Waals surface area contributed by atoms with Gasteiger partial charge in [0.1, 0.15) is 11.6 Å². The maximum Gasteiger partial charge on any atom is 0.327 e. The number of aliphatic carboxylic acids is 1. The van der Waals surface area contributed by atoms with Gasteiger partial charge in [-0.3, -0.25) is 9.69 Å². The molecule has 0 aliphatic carbocycles. The molecule has 26 heavy (non-hydrogen) atoms. The molecule has 4 rings (SSSR count). The van der Waals surface area contributed by atoms with Crippen LogP contribution in [0.4, 0.5) is 0 Å². The summed E-state index contributed by atoms with van der Waals surface area (Å²) in [7, 11) is 1.63. The second kappa shape index (κ2) is 6.64. The van der Waals surface area contributed by atoms with Crippen LogP contribution in [0.5, 0.6) is 5.75 Å². The van der Waals surface area contributed by atoms with Crippen molar-refractivity contribution in [1.82, 2.24) is 24.4 Å². The number of rotatable bonds is 5. The Balaban J connectivity index is 1.62. The zero-order chi connectivity index (χ0) is 18.1. The molecule has 0 amide bonds. The predicted molar refractivity (Wildman–Crippen MR) is 93.2 cm³/mol. The third-order valence-electron chi connectivity index (χ3n) is 4.67. The molecule has 8 heteroatoms. The molecule has 0 spiro atoms. The first kappa shape index (κ1) is 16.3. The summed E-state index contributed by atoms with van der Waals surface area (Å²) >= 11 is 0. The first-order chi connectivity index (χ1) is 12.7. The number of methoxy groups -OCH3 is 1. The second-order valence-electron chi connectivity index (χ2n) is 6.14. The number of carbonyl (C=O) groups is 1. The molecular formula is C18H19N5O3. The summed E-state index contributed by atoms with van der Waals surface area (Å²) in [5.74, 6) is 0.657. The molecule has 0 bridgehead atoms. The van der Waals surface area contributed by atoms with Gasteiger partial charge in [-0.05, 0) is 24.3 Å². The lowest BCUT2D eigenvalue weighted by Gasteiger charge is -2.31. The van der Waals surface area contributed by atoms with Gasteiger partial charge in [0.25, 0.3) is 0 Å². The van der Waals surface area contributed by atoms with Crippen molar-refractivity contribution in [3.8, 4) is 11.4 Å². The van der Waals surface area contributed by atoms with Gasteiger partial charge in [-0.1, -0.05) is 0 Å². The number of carboxylic acids is 1. The minimum Gasteiger partial charge on any atom is -0.497 e. The fourth-order valence-electron chi connectivity index (χ4n) is 3.38. The number of ether oxygens (including phenoxy) is 1. The quantitative estimate of drug-likeness (QED) is 0.726. The van der Waals surface area contributed by atoms with Gasteiger partial charge in [0.05, 0.1) is 25.7 Å². The van der Waals surface area contributed by atoms with Crippen LogP contribution in [0.1, 0.15) is 23.3 Å². The fourth-order valence-corrected chi connectivity index (χ4v) is 3.38. The number of aromatic nitrogens is 4. The van der Waals surface area contributed by atoms with Crippen LogP contribution in [0, 0.1) is 0 Å². The topological polar surface area (TPSA) is 96.3 Å². The zero-order valence-corrected chi connectivity index (χ0v) is 14.3. The minimum atomic E-state index is -0.902. The van der Waals surface area contributed by atoms with Crippen molar-refractivity contribution in [1.29, 1.82) is 0 Å². The van der Waals surface area contributed by atoms with Crippen LogP contribution in [0.3, 0.4) is 0 Å². The number of nitrogens with one attached hydrogen (secondary N) is 1. The van der Waals surface area contributed by atoms with Crippen LogP contribution >= 0.6 is 0 Å². The summed E-state index contributed by atoms with van der Waals surface area (Å²) in [5.41, 5.74) is 2.43. The molecule has 2 N–H and O–H groups in total. The molecule has 0 saturated carbocycles. The largest absolute Gasteiger partial charge is 0.497 e. The van der Waals surface area contributed by atoms with Gasteiger partial charge in [-0.2, -0.15) is 0 Å². The predicted octanol–water partition coefficient (Wildman–Crippen LogP) is 1.79. The molecule has 0 fully saturated rings. The van der Waals surface area contributed by atoms with E-state index in [-0.39, 0.29) is 0 Å². The molecule has 3 aromatic rings. The van der Waals surface area contributed by atoms with E-state index in [1.807, 2.05) is 39.9 Å². The maximum atomic E-state index is 11.8. The first-order valence-electron chi connectivity index (χ1n) is 8.33. The highest BCUT2D eigenvalue weighted by Gasteiger charge is 2.35. The number of carboxylic acid groups (broad SMARTS) is 1. The van der Waals surface area contributed by atoms with Crippen molar-refractivity contribution in [3.63, 3.8) is 0 Å². The lowest BCUT2D eigenvalue weighted by molar-refractivity contribution is -0.144. The van der Waals surface area contributed by atoms with E-state index in [1.165, 1.54) is 0 Å². The lowest BCUT2D eigenvalue weighted by Crippen LogP contribution is -2.40. The normalized spacial score (nSPS) is 17.0. The second-order valence-corrected chi connectivity index (χ2v) is 6.14. The van der Waals surface area contributed by atoms with Crippen LogP contribution in [0.15, 0.2) is 43.0 Å². The number of fused-ring (bicyclic) bond motifs is 1. The van der Waals surface area contributed by atoms with Gasteiger partial charge >= 0.3 is 5.97 Å². The van der Waals surface area contributed by atoms with Crippen molar-refractivity contribution in [2.45, 2.75) is 19.0 Å². The van der Waals surface area contributed by atoms with E-state index in [0.717, 1.165) is 29.4 Å². The Morgan fingerprint density at radius 3 is 2.88 bits per heavy atom. The van der Waals surface area contributed by atoms with E-state index in [1.54, 1.807) is 19.6 Å². The average Bonchev–Trinajstić information content (AvgIpc) is 3.30. The molecule has 0 unspecified atom stereocenters. The number of aromatic amines is 1. The Morgan fingerprint density at radius 2 is 2.15 bits per heavy atom. The van der Waals surface area contributed by atoms with Crippen molar-refractivity contribution in [2.24, 2.45) is 0 Å². The van der Waals surface area contributed by atoms with Crippen LogP contribution in [-0.4, -0.2) is 49.1 Å². The molecule has 1 aromatic carbocycles. The minimum absolute atomic E-state index is 0.419. The Morgan fingerprint density at radius 1 is 1.35 bits per heavy atom. The van der Waals surface area contributed by atoms with E-state index < -0.39 is 12.0 Å². The molecule has 1 aliphatic heterocycles. The fraction of sp³-hybridized carbons (Fsp3) is 0.278. The Hall–Kier alpha value is -3.13. The molecule has 2 aromatic heterocycles. The Kier molecular flexibility index (Phi) is 4.18. The molecule has 0 radical (unpaired) electrons. The van der Waals surface area contributed by atoms with E-state index in [9.17, 15) is 9.90 Å². The third kappa shape index (κ3) is 2.84. The number of benzene rings is 1. The van der Waals surface area contributed by atoms with E-state index in [4.69, 9.17) is 4.74 Å². The van der Waals surface area contributed by atoms with E-state index in [2.05, 4.69) is 15.0 Å². The van der Waals surface area contributed by atoms with Gasteiger partial charge in [0.2, 0.25) is 0 Å². The van der Waals surface area contributed by atoms with Crippen molar-refractivity contribution < 1.29 is 14.6 Å². The summed E-state index contributed by atoms with van der Waals surface area (Å²) in [4.78, 5) is 25.4. The van der Waals surface area contributed by atoms with Gasteiger partial charge in [-0.25, -0.2) is 9.97 Å². The summed E-state index contributed by atoms with van der Waals surface area (Å²) in [6.07, 6.45) is 5.89. The monoisotopic (exact) mass is 353 g/mol. The highest BCUT2D eigenvalue weighted by atomic mass is 16.5. The number of hydrogen-bond acceptors (Lipinski definition) is 5. The van der Waals surface area contributed by atoms with Gasteiger partial charge < -0.3 is 19.4 Å². The number of imidazole rings is 2. The molecule has 0 saturated heterocycles. The van der Waals surface area contributed by atoms with Gasteiger partial charge in [0, 0.05) is 36.7 Å². The van der Waals surface area contributed by atoms with Crippen molar-refractivity contribution in [3.05, 3.63) is 60.2 Å². The molecule has 1 aliphatic rings. The van der Waals surface area contributed by atoms with Crippen LogP contribution < -0.4 is 4.74 Å². The summed E-state index contributed by atoms with van der Waals surface area (Å²) < 4.78 is 7.15. The van der Waals surface area contributed by atoms with Gasteiger partial charge in [0.15, 0.2) is 6.04 Å². The van der Waals surface area contributed by atoms with Crippen LogP contribution in [0.25, 0.3) is 5.69 Å². The number of hydrogen-bond donors (Lipinski definition) is 2. The summed E-state index contributed by atoms with van der Waals surface area (Å²) in [5, 5.41) is 9.71. The Labute approximate surface area is 150 Å².